The molecule has 4 N–H and O–H groups in total. The summed E-state index contributed by atoms with van der Waals surface area (Å²) in [6.45, 7) is 4.94. The normalized spacial score (nSPS) is 11.5. The summed E-state index contributed by atoms with van der Waals surface area (Å²) in [7, 11) is 0. The van der Waals surface area contributed by atoms with E-state index in [9.17, 15) is 4.79 Å². The van der Waals surface area contributed by atoms with Crippen molar-refractivity contribution >= 4 is 5.91 Å². The smallest absolute Gasteiger partial charge is 0.248 e. The van der Waals surface area contributed by atoms with E-state index in [-0.39, 0.29) is 24.5 Å². The summed E-state index contributed by atoms with van der Waals surface area (Å²) >= 11 is 0. The number of nitrogens with two attached hydrogens (primary N) is 1. The van der Waals surface area contributed by atoms with Crippen molar-refractivity contribution in [2.45, 2.75) is 33.1 Å². The third-order valence-corrected chi connectivity index (χ3v) is 2.36. The first kappa shape index (κ1) is 14.3. The van der Waals surface area contributed by atoms with Crippen LogP contribution in [0.2, 0.25) is 0 Å². The molecule has 0 saturated heterocycles. The molecule has 0 unspecified atom stereocenters. The van der Waals surface area contributed by atoms with Crippen LogP contribution in [0.15, 0.2) is 0 Å². The molecule has 0 spiro atoms. The molecule has 0 heterocycles. The van der Waals surface area contributed by atoms with Gasteiger partial charge in [0, 0.05) is 13.2 Å². The lowest BCUT2D eigenvalue weighted by Gasteiger charge is -2.23. The summed E-state index contributed by atoms with van der Waals surface area (Å²) in [6, 6.07) is 0. The molecule has 90 valence electrons. The second-order valence-corrected chi connectivity index (χ2v) is 4.40. The Balaban J connectivity index is 3.49. The lowest BCUT2D eigenvalue weighted by Crippen LogP contribution is -2.30. The fourth-order valence-corrected chi connectivity index (χ4v) is 1.35. The van der Waals surface area contributed by atoms with Crippen LogP contribution in [0.4, 0.5) is 0 Å². The molecule has 0 saturated carbocycles. The van der Waals surface area contributed by atoms with Crippen LogP contribution in [0.3, 0.4) is 0 Å². The molecule has 0 aromatic heterocycles. The number of carbonyl (C=O) groups is 1. The Kier molecular flexibility index (Phi) is 7.29. The molecular weight excluding hydrogens is 196 g/mol. The predicted octanol–water partition coefficient (Wildman–Crippen LogP) is 0.182. The van der Waals surface area contributed by atoms with Gasteiger partial charge in [0.2, 0.25) is 5.91 Å². The highest BCUT2D eigenvalue weighted by molar-refractivity contribution is 5.77. The van der Waals surface area contributed by atoms with Gasteiger partial charge in [0.15, 0.2) is 0 Å². The van der Waals surface area contributed by atoms with E-state index in [0.29, 0.717) is 6.54 Å². The largest absolute Gasteiger partial charge is 0.396 e. The quantitative estimate of drug-likeness (QED) is 0.401. The Morgan fingerprint density at radius 1 is 1.47 bits per heavy atom. The van der Waals surface area contributed by atoms with Crippen LogP contribution in [-0.2, 0) is 9.63 Å². The van der Waals surface area contributed by atoms with E-state index < -0.39 is 0 Å². The zero-order valence-electron chi connectivity index (χ0n) is 9.58. The van der Waals surface area contributed by atoms with Gasteiger partial charge in [-0.05, 0) is 24.7 Å². The minimum absolute atomic E-state index is 0.0972. The van der Waals surface area contributed by atoms with E-state index in [1.165, 1.54) is 0 Å². The van der Waals surface area contributed by atoms with Crippen LogP contribution in [-0.4, -0.2) is 30.8 Å². The molecule has 1 amide bonds. The summed E-state index contributed by atoms with van der Waals surface area (Å²) in [6.07, 6.45) is 2.65. The van der Waals surface area contributed by atoms with E-state index in [1.54, 1.807) is 0 Å². The molecule has 5 nitrogen and oxygen atoms in total. The number of amides is 1. The average molecular weight is 218 g/mol. The standard InChI is InChI=1S/C10H22N2O3/c1-10(2,5-7-13)4-3-6-12-9(14)8-15-11/h13H,3-8,11H2,1-2H3,(H,12,14). The van der Waals surface area contributed by atoms with Gasteiger partial charge < -0.3 is 10.4 Å². The van der Waals surface area contributed by atoms with Crippen molar-refractivity contribution in [3.63, 3.8) is 0 Å². The molecule has 0 fully saturated rings. The zero-order chi connectivity index (χ0) is 11.7. The van der Waals surface area contributed by atoms with Crippen LogP contribution >= 0.6 is 0 Å². The average Bonchev–Trinajstić information content (AvgIpc) is 2.13. The number of aliphatic hydroxyl groups is 1. The fraction of sp³-hybridized carbons (Fsp3) is 0.900. The summed E-state index contributed by atoms with van der Waals surface area (Å²) in [5.41, 5.74) is 0.129. The lowest BCUT2D eigenvalue weighted by atomic mass is 9.85. The second kappa shape index (κ2) is 7.62. The van der Waals surface area contributed by atoms with E-state index in [0.717, 1.165) is 19.3 Å². The first-order valence-electron chi connectivity index (χ1n) is 5.21. The van der Waals surface area contributed by atoms with Gasteiger partial charge in [-0.15, -0.1) is 0 Å². The maximum atomic E-state index is 10.9. The van der Waals surface area contributed by atoms with Gasteiger partial charge in [-0.1, -0.05) is 13.8 Å². The van der Waals surface area contributed by atoms with Crippen molar-refractivity contribution in [2.24, 2.45) is 11.3 Å². The number of aliphatic hydroxyl groups excluding tert-OH is 1. The summed E-state index contributed by atoms with van der Waals surface area (Å²) in [4.78, 5) is 15.1. The minimum Gasteiger partial charge on any atom is -0.396 e. The Bertz CT molecular complexity index is 184. The van der Waals surface area contributed by atoms with Crippen molar-refractivity contribution in [1.29, 1.82) is 0 Å². The lowest BCUT2D eigenvalue weighted by molar-refractivity contribution is -0.125. The molecule has 0 bridgehead atoms. The third kappa shape index (κ3) is 8.35. The first-order valence-corrected chi connectivity index (χ1v) is 5.21. The van der Waals surface area contributed by atoms with Crippen molar-refractivity contribution < 1.29 is 14.7 Å². The Morgan fingerprint density at radius 3 is 2.67 bits per heavy atom. The Labute approximate surface area is 90.9 Å². The van der Waals surface area contributed by atoms with Crippen molar-refractivity contribution in [1.82, 2.24) is 5.32 Å². The number of nitrogens with one attached hydrogen (secondary N) is 1. The van der Waals surface area contributed by atoms with Crippen molar-refractivity contribution in [2.75, 3.05) is 19.8 Å². The maximum absolute atomic E-state index is 10.9. The van der Waals surface area contributed by atoms with Crippen LogP contribution < -0.4 is 11.2 Å². The minimum atomic E-state index is -0.197. The summed E-state index contributed by atoms with van der Waals surface area (Å²) in [5, 5.41) is 11.5. The highest BCUT2D eigenvalue weighted by Crippen LogP contribution is 2.25. The molecule has 0 aromatic rings. The van der Waals surface area contributed by atoms with Gasteiger partial charge in [0.25, 0.3) is 0 Å². The molecule has 0 atom stereocenters. The first-order chi connectivity index (χ1) is 7.02. The van der Waals surface area contributed by atoms with Gasteiger partial charge in [0.1, 0.15) is 6.61 Å². The highest BCUT2D eigenvalue weighted by atomic mass is 16.6. The van der Waals surface area contributed by atoms with Crippen LogP contribution in [0, 0.1) is 5.41 Å². The van der Waals surface area contributed by atoms with Gasteiger partial charge in [-0.25, -0.2) is 5.90 Å². The number of hydrogen-bond acceptors (Lipinski definition) is 4. The molecular formula is C10H22N2O3. The fourth-order valence-electron chi connectivity index (χ4n) is 1.35. The SMILES string of the molecule is CC(C)(CCO)CCCNC(=O)CON. The Hall–Kier alpha value is -0.650. The summed E-state index contributed by atoms with van der Waals surface area (Å²) in [5.74, 6) is 4.56. The molecule has 0 aliphatic heterocycles. The number of hydrogen-bond donors (Lipinski definition) is 3. The van der Waals surface area contributed by atoms with Crippen molar-refractivity contribution in [3.05, 3.63) is 0 Å². The monoisotopic (exact) mass is 218 g/mol. The summed E-state index contributed by atoms with van der Waals surface area (Å²) < 4.78 is 0. The predicted molar refractivity (Wildman–Crippen MR) is 57.9 cm³/mol. The molecule has 0 radical (unpaired) electrons. The van der Waals surface area contributed by atoms with E-state index >= 15 is 0 Å². The molecule has 0 rings (SSSR count). The van der Waals surface area contributed by atoms with E-state index in [4.69, 9.17) is 11.0 Å². The highest BCUT2D eigenvalue weighted by Gasteiger charge is 2.16. The topological polar surface area (TPSA) is 84.6 Å². The van der Waals surface area contributed by atoms with Crippen LogP contribution in [0.25, 0.3) is 0 Å². The Morgan fingerprint density at radius 2 is 2.13 bits per heavy atom. The zero-order valence-corrected chi connectivity index (χ0v) is 9.58. The van der Waals surface area contributed by atoms with Crippen LogP contribution in [0.1, 0.15) is 33.1 Å². The molecule has 0 aliphatic carbocycles. The molecule has 5 heteroatoms. The van der Waals surface area contributed by atoms with Gasteiger partial charge in [-0.2, -0.15) is 0 Å². The number of carbonyl (C=O) groups excluding carboxylic acids is 1. The second-order valence-electron chi connectivity index (χ2n) is 4.40. The van der Waals surface area contributed by atoms with Crippen molar-refractivity contribution in [3.8, 4) is 0 Å². The molecule has 15 heavy (non-hydrogen) atoms. The molecule has 0 aromatic carbocycles. The van der Waals surface area contributed by atoms with Gasteiger partial charge in [0.05, 0.1) is 0 Å². The number of rotatable bonds is 8. The van der Waals surface area contributed by atoms with Gasteiger partial charge >= 0.3 is 0 Å². The maximum Gasteiger partial charge on any atom is 0.248 e. The van der Waals surface area contributed by atoms with Gasteiger partial charge in [-0.3, -0.25) is 9.63 Å². The van der Waals surface area contributed by atoms with E-state index in [2.05, 4.69) is 24.0 Å². The third-order valence-electron chi connectivity index (χ3n) is 2.36. The van der Waals surface area contributed by atoms with E-state index in [1.807, 2.05) is 0 Å². The molecule has 0 aliphatic rings. The van der Waals surface area contributed by atoms with Crippen LogP contribution in [0.5, 0.6) is 0 Å².